The van der Waals surface area contributed by atoms with Crippen molar-refractivity contribution in [1.29, 1.82) is 0 Å². The Bertz CT molecular complexity index is 1790. The highest BCUT2D eigenvalue weighted by molar-refractivity contribution is 8.13. The van der Waals surface area contributed by atoms with Crippen molar-refractivity contribution in [3.05, 3.63) is 108 Å². The Morgan fingerprint density at radius 3 is 1.41 bits per heavy atom. The van der Waals surface area contributed by atoms with E-state index in [-0.39, 0.29) is 11.1 Å². The summed E-state index contributed by atoms with van der Waals surface area (Å²) in [7, 11) is 0. The molecule has 0 aliphatic heterocycles. The fourth-order valence-corrected chi connectivity index (χ4v) is 4.96. The van der Waals surface area contributed by atoms with Gasteiger partial charge in [-0.05, 0) is 30.5 Å². The topological polar surface area (TPSA) is 84.3 Å². The van der Waals surface area contributed by atoms with Crippen molar-refractivity contribution in [2.24, 2.45) is 4.99 Å². The van der Waals surface area contributed by atoms with E-state index < -0.39 is 5.91 Å². The van der Waals surface area contributed by atoms with Crippen molar-refractivity contribution >= 4 is 72.4 Å². The number of carbonyl (C=O) groups is 2. The monoisotopic (exact) mass is 500 g/mol. The Labute approximate surface area is 216 Å². The normalized spacial score (nSPS) is 11.9. The minimum Gasteiger partial charge on any atom is -0.301 e. The van der Waals surface area contributed by atoms with Gasteiger partial charge in [0.1, 0.15) is 0 Å². The van der Waals surface area contributed by atoms with Crippen molar-refractivity contribution in [1.82, 2.24) is 15.3 Å². The molecule has 0 aliphatic carbocycles. The Balaban J connectivity index is 1.44. The number of aliphatic imine (C=N–C) groups is 1. The summed E-state index contributed by atoms with van der Waals surface area (Å²) in [5, 5.41) is 5.98. The maximum atomic E-state index is 13.6. The molecule has 0 bridgehead atoms. The van der Waals surface area contributed by atoms with Gasteiger partial charge in [0.15, 0.2) is 5.17 Å². The van der Waals surface area contributed by atoms with Crippen LogP contribution in [-0.4, -0.2) is 33.2 Å². The van der Waals surface area contributed by atoms with Crippen LogP contribution in [-0.2, 0) is 0 Å². The van der Waals surface area contributed by atoms with Crippen LogP contribution in [0.3, 0.4) is 0 Å². The van der Waals surface area contributed by atoms with Gasteiger partial charge in [-0.15, -0.1) is 0 Å². The van der Waals surface area contributed by atoms with Crippen LogP contribution in [0.1, 0.15) is 20.7 Å². The van der Waals surface area contributed by atoms with Gasteiger partial charge in [0.25, 0.3) is 11.8 Å². The highest BCUT2D eigenvalue weighted by Gasteiger charge is 2.20. The number of aromatic nitrogens is 2. The molecule has 2 amide bonds. The zero-order valence-corrected chi connectivity index (χ0v) is 20.6. The number of fused-ring (bicyclic) bond motifs is 4. The summed E-state index contributed by atoms with van der Waals surface area (Å²) in [4.78, 5) is 41.0. The van der Waals surface area contributed by atoms with Gasteiger partial charge in [0.05, 0.1) is 33.2 Å². The molecule has 6 nitrogen and oxygen atoms in total. The first-order valence-electron chi connectivity index (χ1n) is 11.7. The average Bonchev–Trinajstić information content (AvgIpc) is 2.93. The molecule has 2 aromatic heterocycles. The number of benzene rings is 4. The Morgan fingerprint density at radius 1 is 0.622 bits per heavy atom. The second-order valence-corrected chi connectivity index (χ2v) is 9.22. The van der Waals surface area contributed by atoms with E-state index in [2.05, 4.69) is 15.3 Å². The van der Waals surface area contributed by atoms with Gasteiger partial charge in [0, 0.05) is 21.5 Å². The number of carbonyl (C=O) groups excluding carboxylic acids is 2. The lowest BCUT2D eigenvalue weighted by Crippen LogP contribution is -2.29. The molecule has 0 saturated carbocycles. The van der Waals surface area contributed by atoms with E-state index in [1.807, 2.05) is 97.1 Å². The van der Waals surface area contributed by atoms with E-state index in [1.165, 1.54) is 11.8 Å². The molecule has 0 atom stereocenters. The van der Waals surface area contributed by atoms with Crippen LogP contribution in [0.2, 0.25) is 0 Å². The fourth-order valence-electron chi connectivity index (χ4n) is 4.59. The number of pyridine rings is 2. The number of amidine groups is 1. The lowest BCUT2D eigenvalue weighted by Gasteiger charge is -2.12. The molecule has 1 N–H and O–H groups in total. The molecule has 6 rings (SSSR count). The Morgan fingerprint density at radius 2 is 1.00 bits per heavy atom. The molecule has 0 spiro atoms. The zero-order chi connectivity index (χ0) is 25.4. The molecule has 178 valence electrons. The number of para-hydroxylation sites is 4. The molecular formula is C30H20N4O2S. The van der Waals surface area contributed by atoms with Crippen LogP contribution in [0.15, 0.2) is 102 Å². The second kappa shape index (κ2) is 9.44. The number of thioether (sulfide) groups is 1. The number of hydrogen-bond donors (Lipinski definition) is 1. The summed E-state index contributed by atoms with van der Waals surface area (Å²) in [6.45, 7) is 0. The van der Waals surface area contributed by atoms with Crippen LogP contribution >= 0.6 is 11.8 Å². The molecule has 0 fully saturated rings. The Hall–Kier alpha value is -4.62. The number of amides is 2. The molecule has 0 aliphatic rings. The zero-order valence-electron chi connectivity index (χ0n) is 19.8. The van der Waals surface area contributed by atoms with Gasteiger partial charge < -0.3 is 5.32 Å². The molecule has 0 saturated heterocycles. The summed E-state index contributed by atoms with van der Waals surface area (Å²) in [5.74, 6) is -0.788. The minimum absolute atomic E-state index is 0.213. The highest BCUT2D eigenvalue weighted by atomic mass is 32.2. The first kappa shape index (κ1) is 22.8. The van der Waals surface area contributed by atoms with Gasteiger partial charge >= 0.3 is 0 Å². The third-order valence-corrected chi connectivity index (χ3v) is 6.81. The van der Waals surface area contributed by atoms with E-state index in [4.69, 9.17) is 4.98 Å². The van der Waals surface area contributed by atoms with Crippen molar-refractivity contribution < 1.29 is 9.59 Å². The summed E-state index contributed by atoms with van der Waals surface area (Å²) < 4.78 is 0. The number of nitrogens with one attached hydrogen (secondary N) is 1. The lowest BCUT2D eigenvalue weighted by atomic mass is 10.0. The van der Waals surface area contributed by atoms with E-state index in [1.54, 1.807) is 6.26 Å². The number of rotatable bonds is 2. The van der Waals surface area contributed by atoms with Crippen LogP contribution in [0.25, 0.3) is 43.6 Å². The first-order valence-corrected chi connectivity index (χ1v) is 12.9. The maximum Gasteiger partial charge on any atom is 0.280 e. The molecule has 0 radical (unpaired) electrons. The van der Waals surface area contributed by atoms with Crippen molar-refractivity contribution in [3.63, 3.8) is 0 Å². The van der Waals surface area contributed by atoms with Gasteiger partial charge in [-0.2, -0.15) is 4.99 Å². The Kier molecular flexibility index (Phi) is 5.82. The predicted octanol–water partition coefficient (Wildman–Crippen LogP) is 6.38. The SMILES string of the molecule is CSC(=NC(=O)c1c2ccccc2nc2ccccc12)NC(=O)c1c2ccccc2nc2ccccc12. The lowest BCUT2D eigenvalue weighted by molar-refractivity contribution is 0.0981. The molecule has 2 heterocycles. The summed E-state index contributed by atoms with van der Waals surface area (Å²) in [6, 6.07) is 30.0. The second-order valence-electron chi connectivity index (χ2n) is 8.42. The summed E-state index contributed by atoms with van der Waals surface area (Å²) >= 11 is 1.20. The molecule has 6 aromatic rings. The van der Waals surface area contributed by atoms with E-state index >= 15 is 0 Å². The first-order chi connectivity index (χ1) is 18.1. The van der Waals surface area contributed by atoms with Crippen LogP contribution in [0, 0.1) is 0 Å². The summed E-state index contributed by atoms with van der Waals surface area (Å²) in [5.41, 5.74) is 3.82. The van der Waals surface area contributed by atoms with E-state index in [9.17, 15) is 9.59 Å². The number of hydrogen-bond acceptors (Lipinski definition) is 5. The maximum absolute atomic E-state index is 13.6. The largest absolute Gasteiger partial charge is 0.301 e. The molecule has 0 unspecified atom stereocenters. The molecule has 37 heavy (non-hydrogen) atoms. The van der Waals surface area contributed by atoms with Gasteiger partial charge in [0.2, 0.25) is 0 Å². The molecular weight excluding hydrogens is 480 g/mol. The van der Waals surface area contributed by atoms with E-state index in [0.29, 0.717) is 32.9 Å². The van der Waals surface area contributed by atoms with Gasteiger partial charge in [-0.25, -0.2) is 9.97 Å². The third-order valence-electron chi connectivity index (χ3n) is 6.23. The molecule has 4 aromatic carbocycles. The fraction of sp³-hybridized carbons (Fsp3) is 0.0333. The van der Waals surface area contributed by atoms with Crippen molar-refractivity contribution in [2.45, 2.75) is 0 Å². The summed E-state index contributed by atoms with van der Waals surface area (Å²) in [6.07, 6.45) is 1.78. The van der Waals surface area contributed by atoms with Crippen LogP contribution in [0.5, 0.6) is 0 Å². The molecule has 7 heteroatoms. The standard InChI is InChI=1S/C30H20N4O2S/c1-37-30(33-28(35)26-18-10-2-6-14-22(18)31-23-15-7-3-11-19(23)26)34-29(36)27-20-12-4-8-16-24(20)32-25-17-9-5-13-21(25)27/h2-17H,1H3,(H,33,34,35,36). The minimum atomic E-state index is -0.441. The van der Waals surface area contributed by atoms with Crippen LogP contribution < -0.4 is 5.32 Å². The quantitative estimate of drug-likeness (QED) is 0.169. The average molecular weight is 501 g/mol. The van der Waals surface area contributed by atoms with Crippen molar-refractivity contribution in [3.8, 4) is 0 Å². The smallest absolute Gasteiger partial charge is 0.280 e. The van der Waals surface area contributed by atoms with E-state index in [0.717, 1.165) is 21.8 Å². The van der Waals surface area contributed by atoms with Crippen molar-refractivity contribution in [2.75, 3.05) is 6.26 Å². The van der Waals surface area contributed by atoms with Crippen LogP contribution in [0.4, 0.5) is 0 Å². The highest BCUT2D eigenvalue weighted by Crippen LogP contribution is 2.28. The number of nitrogens with zero attached hydrogens (tertiary/aromatic N) is 3. The predicted molar refractivity (Wildman–Crippen MR) is 151 cm³/mol. The van der Waals surface area contributed by atoms with Gasteiger partial charge in [-0.1, -0.05) is 84.6 Å². The third kappa shape index (κ3) is 4.09. The van der Waals surface area contributed by atoms with Gasteiger partial charge in [-0.3, -0.25) is 9.59 Å².